The topological polar surface area (TPSA) is 52.3 Å². The van der Waals surface area contributed by atoms with Crippen LogP contribution >= 0.6 is 0 Å². The largest absolute Gasteiger partial charge is 0.497 e. The molecule has 102 valence electrons. The number of hydrogen-bond acceptors (Lipinski definition) is 3. The predicted molar refractivity (Wildman–Crippen MR) is 77.2 cm³/mol. The number of rotatable bonds is 6. The second-order valence-electron chi connectivity index (χ2n) is 4.88. The van der Waals surface area contributed by atoms with Crippen molar-refractivity contribution in [2.24, 2.45) is 11.7 Å². The van der Waals surface area contributed by atoms with Gasteiger partial charge in [0.25, 0.3) is 0 Å². The molecule has 0 spiro atoms. The van der Waals surface area contributed by atoms with Crippen molar-refractivity contribution >= 4 is 10.8 Å². The second-order valence-corrected chi connectivity index (χ2v) is 6.72. The molecule has 4 heteroatoms. The molecule has 0 heterocycles. The Bertz CT molecular complexity index is 407. The Morgan fingerprint density at radius 1 is 1.33 bits per heavy atom. The van der Waals surface area contributed by atoms with Crippen molar-refractivity contribution in [3.05, 3.63) is 29.8 Å². The van der Waals surface area contributed by atoms with E-state index in [2.05, 4.69) is 13.8 Å². The van der Waals surface area contributed by atoms with Gasteiger partial charge in [0.05, 0.1) is 7.11 Å². The first-order chi connectivity index (χ1) is 8.45. The molecule has 3 unspecified atom stereocenters. The molecule has 0 bridgehead atoms. The van der Waals surface area contributed by atoms with Crippen molar-refractivity contribution in [3.63, 3.8) is 0 Å². The minimum atomic E-state index is -0.900. The third kappa shape index (κ3) is 4.10. The zero-order valence-corrected chi connectivity index (χ0v) is 12.4. The molecule has 0 aliphatic heterocycles. The van der Waals surface area contributed by atoms with E-state index in [9.17, 15) is 4.21 Å². The van der Waals surface area contributed by atoms with Gasteiger partial charge in [-0.2, -0.15) is 0 Å². The van der Waals surface area contributed by atoms with Gasteiger partial charge in [-0.3, -0.25) is 4.21 Å². The number of ether oxygens (including phenoxy) is 1. The van der Waals surface area contributed by atoms with E-state index in [1.807, 2.05) is 31.2 Å². The highest BCUT2D eigenvalue weighted by Gasteiger charge is 2.18. The van der Waals surface area contributed by atoms with Crippen LogP contribution in [-0.4, -0.2) is 22.3 Å². The summed E-state index contributed by atoms with van der Waals surface area (Å²) in [4.78, 5) is 0. The zero-order valence-electron chi connectivity index (χ0n) is 11.6. The monoisotopic (exact) mass is 269 g/mol. The Kier molecular flexibility index (Phi) is 5.82. The van der Waals surface area contributed by atoms with E-state index in [4.69, 9.17) is 10.5 Å². The van der Waals surface area contributed by atoms with E-state index in [-0.39, 0.29) is 11.3 Å². The number of nitrogens with two attached hydrogens (primary N) is 1. The average Bonchev–Trinajstić information content (AvgIpc) is 2.37. The van der Waals surface area contributed by atoms with Gasteiger partial charge in [-0.1, -0.05) is 32.9 Å². The molecule has 2 N–H and O–H groups in total. The van der Waals surface area contributed by atoms with Crippen molar-refractivity contribution in [3.8, 4) is 5.75 Å². The quantitative estimate of drug-likeness (QED) is 0.863. The number of benzene rings is 1. The van der Waals surface area contributed by atoms with Gasteiger partial charge in [0.1, 0.15) is 5.75 Å². The van der Waals surface area contributed by atoms with E-state index in [0.29, 0.717) is 11.7 Å². The lowest BCUT2D eigenvalue weighted by Gasteiger charge is -2.18. The summed E-state index contributed by atoms with van der Waals surface area (Å²) >= 11 is 0. The van der Waals surface area contributed by atoms with Gasteiger partial charge in [-0.05, 0) is 23.6 Å². The van der Waals surface area contributed by atoms with Crippen LogP contribution < -0.4 is 10.5 Å². The lowest BCUT2D eigenvalue weighted by Crippen LogP contribution is -2.26. The maximum absolute atomic E-state index is 12.1. The second kappa shape index (κ2) is 6.90. The van der Waals surface area contributed by atoms with Crippen LogP contribution in [0, 0.1) is 5.92 Å². The summed E-state index contributed by atoms with van der Waals surface area (Å²) in [7, 11) is 0.729. The predicted octanol–water partition coefficient (Wildman–Crippen LogP) is 2.49. The Hall–Kier alpha value is -0.870. The van der Waals surface area contributed by atoms with E-state index in [1.165, 1.54) is 0 Å². The highest BCUT2D eigenvalue weighted by molar-refractivity contribution is 7.85. The minimum Gasteiger partial charge on any atom is -0.497 e. The highest BCUT2D eigenvalue weighted by Crippen LogP contribution is 2.20. The van der Waals surface area contributed by atoms with Crippen LogP contribution in [0.1, 0.15) is 32.4 Å². The first-order valence-electron chi connectivity index (χ1n) is 6.22. The van der Waals surface area contributed by atoms with Crippen molar-refractivity contribution in [2.75, 3.05) is 12.9 Å². The van der Waals surface area contributed by atoms with Crippen LogP contribution in [0.15, 0.2) is 24.3 Å². The molecule has 18 heavy (non-hydrogen) atoms. The van der Waals surface area contributed by atoms with E-state index in [1.54, 1.807) is 7.11 Å². The highest BCUT2D eigenvalue weighted by atomic mass is 32.2. The van der Waals surface area contributed by atoms with E-state index < -0.39 is 10.8 Å². The fourth-order valence-electron chi connectivity index (χ4n) is 1.60. The van der Waals surface area contributed by atoms with Crippen molar-refractivity contribution < 1.29 is 8.95 Å². The molecule has 0 aromatic heterocycles. The summed E-state index contributed by atoms with van der Waals surface area (Å²) < 4.78 is 17.3. The fraction of sp³-hybridized carbons (Fsp3) is 0.571. The normalized spacial score (nSPS) is 16.3. The lowest BCUT2D eigenvalue weighted by molar-refractivity contribution is 0.414. The standard InChI is InChI=1S/C14H23NO2S/c1-10(2)11(3)18(16)9-14(15)12-6-5-7-13(8-12)17-4/h5-8,10-11,14H,9,15H2,1-4H3. The van der Waals surface area contributed by atoms with Gasteiger partial charge in [0.2, 0.25) is 0 Å². The Morgan fingerprint density at radius 3 is 2.56 bits per heavy atom. The molecule has 0 radical (unpaired) electrons. The maximum atomic E-state index is 12.1. The first-order valence-corrected chi connectivity index (χ1v) is 7.60. The molecule has 3 atom stereocenters. The molecular weight excluding hydrogens is 246 g/mol. The van der Waals surface area contributed by atoms with Crippen LogP contribution in [0.4, 0.5) is 0 Å². The van der Waals surface area contributed by atoms with Gasteiger partial charge < -0.3 is 10.5 Å². The van der Waals surface area contributed by atoms with Crippen molar-refractivity contribution in [1.82, 2.24) is 0 Å². The van der Waals surface area contributed by atoms with Crippen LogP contribution in [0.5, 0.6) is 5.75 Å². The zero-order chi connectivity index (χ0) is 13.7. The van der Waals surface area contributed by atoms with Crippen LogP contribution in [0.25, 0.3) is 0 Å². The molecule has 0 saturated heterocycles. The van der Waals surface area contributed by atoms with Crippen LogP contribution in [0.2, 0.25) is 0 Å². The summed E-state index contributed by atoms with van der Waals surface area (Å²) in [5.41, 5.74) is 7.08. The number of methoxy groups -OCH3 is 1. The van der Waals surface area contributed by atoms with Crippen molar-refractivity contribution in [2.45, 2.75) is 32.1 Å². The first kappa shape index (κ1) is 15.2. The Balaban J connectivity index is 2.70. The SMILES string of the molecule is COc1cccc(C(N)CS(=O)C(C)C(C)C)c1. The maximum Gasteiger partial charge on any atom is 0.119 e. The summed E-state index contributed by atoms with van der Waals surface area (Å²) in [6.07, 6.45) is 0. The van der Waals surface area contributed by atoms with Crippen LogP contribution in [0.3, 0.4) is 0 Å². The Morgan fingerprint density at radius 2 is 2.00 bits per heavy atom. The smallest absolute Gasteiger partial charge is 0.119 e. The molecule has 0 fully saturated rings. The third-order valence-corrected chi connectivity index (χ3v) is 5.28. The summed E-state index contributed by atoms with van der Waals surface area (Å²) in [5, 5.41) is 0.168. The molecule has 0 aliphatic rings. The number of hydrogen-bond donors (Lipinski definition) is 1. The van der Waals surface area contributed by atoms with Crippen molar-refractivity contribution in [1.29, 1.82) is 0 Å². The average molecular weight is 269 g/mol. The molecule has 1 rings (SSSR count). The third-order valence-electron chi connectivity index (χ3n) is 3.22. The molecule has 3 nitrogen and oxygen atoms in total. The summed E-state index contributed by atoms with van der Waals surface area (Å²) in [6.45, 7) is 6.18. The molecule has 0 saturated carbocycles. The van der Waals surface area contributed by atoms with Gasteiger partial charge in [-0.25, -0.2) is 0 Å². The van der Waals surface area contributed by atoms with Gasteiger partial charge in [0.15, 0.2) is 0 Å². The summed E-state index contributed by atoms with van der Waals surface area (Å²) in [6, 6.07) is 7.43. The van der Waals surface area contributed by atoms with E-state index in [0.717, 1.165) is 11.3 Å². The molecule has 1 aromatic rings. The van der Waals surface area contributed by atoms with Gasteiger partial charge in [-0.15, -0.1) is 0 Å². The fourth-order valence-corrected chi connectivity index (χ4v) is 3.06. The van der Waals surface area contributed by atoms with Gasteiger partial charge in [0, 0.05) is 27.8 Å². The van der Waals surface area contributed by atoms with Crippen LogP contribution in [-0.2, 0) is 10.8 Å². The lowest BCUT2D eigenvalue weighted by atomic mass is 10.1. The summed E-state index contributed by atoms with van der Waals surface area (Å²) in [5.74, 6) is 1.68. The molecule has 0 amide bonds. The minimum absolute atomic E-state index is 0.168. The molecule has 1 aromatic carbocycles. The molecule has 0 aliphatic carbocycles. The van der Waals surface area contributed by atoms with E-state index >= 15 is 0 Å². The Labute approximate surface area is 112 Å². The molecular formula is C14H23NO2S. The van der Waals surface area contributed by atoms with Gasteiger partial charge >= 0.3 is 0 Å².